The molecule has 1 fully saturated rings. The van der Waals surface area contributed by atoms with Crippen molar-refractivity contribution in [2.24, 2.45) is 0 Å². The van der Waals surface area contributed by atoms with E-state index in [1.165, 1.54) is 17.7 Å². The van der Waals surface area contributed by atoms with Crippen molar-refractivity contribution in [1.82, 2.24) is 9.55 Å². The average molecular weight is 324 g/mol. The lowest BCUT2D eigenvalue weighted by Gasteiger charge is -2.20. The normalized spacial score (nSPS) is 16.3. The number of ether oxygens (including phenoxy) is 1. The number of rotatable bonds is 6. The van der Waals surface area contributed by atoms with E-state index in [1.54, 1.807) is 0 Å². The van der Waals surface area contributed by atoms with Crippen LogP contribution in [0.2, 0.25) is 0 Å². The minimum atomic E-state index is -0.576. The monoisotopic (exact) mass is 324 g/mol. The van der Waals surface area contributed by atoms with Gasteiger partial charge in [0, 0.05) is 19.8 Å². The molecule has 0 saturated heterocycles. The van der Waals surface area contributed by atoms with E-state index in [-0.39, 0.29) is 30.8 Å². The Morgan fingerprint density at radius 2 is 2.13 bits per heavy atom. The third-order valence-electron chi connectivity index (χ3n) is 3.85. The van der Waals surface area contributed by atoms with Gasteiger partial charge in [-0.3, -0.25) is 4.79 Å². The summed E-state index contributed by atoms with van der Waals surface area (Å²) in [5.41, 5.74) is 0. The van der Waals surface area contributed by atoms with Crippen molar-refractivity contribution in [3.63, 3.8) is 0 Å². The quantitative estimate of drug-likeness (QED) is 0.196. The van der Waals surface area contributed by atoms with E-state index in [1.807, 2.05) is 0 Å². The van der Waals surface area contributed by atoms with Crippen LogP contribution in [0.1, 0.15) is 44.9 Å². The van der Waals surface area contributed by atoms with Gasteiger partial charge in [0.25, 0.3) is 5.82 Å². The fourth-order valence-electron chi connectivity index (χ4n) is 2.69. The second kappa shape index (κ2) is 7.70. The Bertz CT molecular complexity index is 604. The number of nitro groups is 1. The van der Waals surface area contributed by atoms with E-state index in [0.717, 1.165) is 43.0 Å². The molecule has 1 aliphatic carbocycles. The number of aromatic nitrogens is 2. The Balaban J connectivity index is 2.19. The third-order valence-corrected chi connectivity index (χ3v) is 3.85. The van der Waals surface area contributed by atoms with Gasteiger partial charge in [0.05, 0.1) is 0 Å². The summed E-state index contributed by atoms with van der Waals surface area (Å²) in [6.07, 6.45) is 7.18. The van der Waals surface area contributed by atoms with Crippen LogP contribution in [-0.4, -0.2) is 44.0 Å². The molecule has 9 nitrogen and oxygen atoms in total. The van der Waals surface area contributed by atoms with Gasteiger partial charge >= 0.3 is 11.8 Å². The van der Waals surface area contributed by atoms with Gasteiger partial charge in [0.2, 0.25) is 6.21 Å². The maximum absolute atomic E-state index is 12.2. The fraction of sp³-hybridized carbons (Fsp3) is 0.643. The Labute approximate surface area is 133 Å². The zero-order chi connectivity index (χ0) is 16.8. The molecule has 0 N–H and O–H groups in total. The Morgan fingerprint density at radius 3 is 2.74 bits per heavy atom. The molecule has 0 aromatic carbocycles. The molecule has 0 atom stereocenters. The first kappa shape index (κ1) is 16.9. The molecule has 1 saturated carbocycles. The van der Waals surface area contributed by atoms with Gasteiger partial charge in [-0.25, -0.2) is 9.72 Å². The molecule has 1 heterocycles. The SMILES string of the molecule is CC(=O)OCCn1c([N+](=O)[O-])cnc1C=[N+]([O-])C1CCCCC1. The van der Waals surface area contributed by atoms with Gasteiger partial charge in [-0.05, 0) is 17.8 Å². The lowest BCUT2D eigenvalue weighted by Crippen LogP contribution is -2.26. The van der Waals surface area contributed by atoms with Crippen LogP contribution in [0.4, 0.5) is 5.82 Å². The van der Waals surface area contributed by atoms with Gasteiger partial charge in [0.15, 0.2) is 6.04 Å². The lowest BCUT2D eigenvalue weighted by atomic mass is 9.96. The minimum Gasteiger partial charge on any atom is -0.623 e. The highest BCUT2D eigenvalue weighted by atomic mass is 16.6. The highest BCUT2D eigenvalue weighted by Gasteiger charge is 2.24. The van der Waals surface area contributed by atoms with Crippen molar-refractivity contribution in [3.05, 3.63) is 27.3 Å². The summed E-state index contributed by atoms with van der Waals surface area (Å²) in [7, 11) is 0. The number of carbonyl (C=O) groups excluding carboxylic acids is 1. The molecule has 0 radical (unpaired) electrons. The van der Waals surface area contributed by atoms with Crippen molar-refractivity contribution in [1.29, 1.82) is 0 Å². The van der Waals surface area contributed by atoms with Crippen molar-refractivity contribution >= 4 is 18.0 Å². The molecule has 1 aromatic heterocycles. The molecule has 126 valence electrons. The second-order valence-electron chi connectivity index (χ2n) is 5.50. The van der Waals surface area contributed by atoms with Gasteiger partial charge in [-0.15, -0.1) is 0 Å². The number of hydrogen-bond acceptors (Lipinski definition) is 6. The molecule has 0 unspecified atom stereocenters. The van der Waals surface area contributed by atoms with Crippen molar-refractivity contribution in [2.45, 2.75) is 51.6 Å². The maximum Gasteiger partial charge on any atom is 0.343 e. The number of nitrogens with zero attached hydrogens (tertiary/aromatic N) is 4. The van der Waals surface area contributed by atoms with Gasteiger partial charge in [0.1, 0.15) is 19.3 Å². The summed E-state index contributed by atoms with van der Waals surface area (Å²) in [6, 6.07) is -0.110. The van der Waals surface area contributed by atoms with Crippen molar-refractivity contribution in [2.75, 3.05) is 6.61 Å². The highest BCUT2D eigenvalue weighted by molar-refractivity contribution is 5.71. The van der Waals surface area contributed by atoms with Crippen LogP contribution in [0.5, 0.6) is 0 Å². The largest absolute Gasteiger partial charge is 0.623 e. The van der Waals surface area contributed by atoms with E-state index in [9.17, 15) is 20.1 Å². The van der Waals surface area contributed by atoms with E-state index in [0.29, 0.717) is 0 Å². The van der Waals surface area contributed by atoms with Gasteiger partial charge in [-0.1, -0.05) is 6.42 Å². The number of carbonyl (C=O) groups is 1. The minimum absolute atomic E-state index is 0.0182. The summed E-state index contributed by atoms with van der Waals surface area (Å²) in [5.74, 6) is -0.504. The first-order chi connectivity index (χ1) is 11.0. The molecule has 1 aliphatic rings. The Kier molecular flexibility index (Phi) is 5.67. The van der Waals surface area contributed by atoms with Crippen LogP contribution in [0.3, 0.4) is 0 Å². The fourth-order valence-corrected chi connectivity index (χ4v) is 2.69. The predicted octanol–water partition coefficient (Wildman–Crippen LogP) is 1.62. The summed E-state index contributed by atoms with van der Waals surface area (Å²) >= 11 is 0. The lowest BCUT2D eigenvalue weighted by molar-refractivity contribution is -0.501. The molecule has 9 heteroatoms. The van der Waals surface area contributed by atoms with Crippen LogP contribution in [0.25, 0.3) is 0 Å². The first-order valence-corrected chi connectivity index (χ1v) is 7.62. The second-order valence-corrected chi connectivity index (χ2v) is 5.50. The van der Waals surface area contributed by atoms with Crippen LogP contribution in [0.15, 0.2) is 6.20 Å². The van der Waals surface area contributed by atoms with E-state index in [4.69, 9.17) is 4.74 Å². The zero-order valence-electron chi connectivity index (χ0n) is 13.0. The molecule has 0 amide bonds. The first-order valence-electron chi connectivity index (χ1n) is 7.62. The predicted molar refractivity (Wildman–Crippen MR) is 81.2 cm³/mol. The Hall–Kier alpha value is -2.45. The maximum atomic E-state index is 12.2. The summed E-state index contributed by atoms with van der Waals surface area (Å²) in [4.78, 5) is 25.2. The highest BCUT2D eigenvalue weighted by Crippen LogP contribution is 2.20. The molecule has 23 heavy (non-hydrogen) atoms. The van der Waals surface area contributed by atoms with Gasteiger partial charge < -0.3 is 20.1 Å². The molecule has 0 bridgehead atoms. The molecule has 0 aliphatic heterocycles. The van der Waals surface area contributed by atoms with Crippen LogP contribution in [-0.2, 0) is 16.1 Å². The standard InChI is InChI=1S/C14H20N4O5/c1-11(19)23-8-7-16-13(15-9-14(16)18(21)22)10-17(20)12-5-3-2-4-6-12/h9-10,12H,2-8H2,1H3. The van der Waals surface area contributed by atoms with Crippen LogP contribution < -0.4 is 0 Å². The zero-order valence-corrected chi connectivity index (χ0v) is 13.0. The number of hydrogen-bond donors (Lipinski definition) is 0. The van der Waals surface area contributed by atoms with E-state index >= 15 is 0 Å². The molecular formula is C14H20N4O5. The molecular weight excluding hydrogens is 304 g/mol. The van der Waals surface area contributed by atoms with Crippen LogP contribution in [0, 0.1) is 15.3 Å². The topological polar surface area (TPSA) is 113 Å². The third kappa shape index (κ3) is 4.51. The summed E-state index contributed by atoms with van der Waals surface area (Å²) in [6.45, 7) is 1.31. The van der Waals surface area contributed by atoms with Gasteiger partial charge in [-0.2, -0.15) is 4.57 Å². The average Bonchev–Trinajstić information content (AvgIpc) is 2.91. The van der Waals surface area contributed by atoms with Crippen molar-refractivity contribution in [3.8, 4) is 0 Å². The van der Waals surface area contributed by atoms with E-state index in [2.05, 4.69) is 4.98 Å². The summed E-state index contributed by atoms with van der Waals surface area (Å²) < 4.78 is 6.93. The smallest absolute Gasteiger partial charge is 0.343 e. The van der Waals surface area contributed by atoms with E-state index < -0.39 is 10.9 Å². The van der Waals surface area contributed by atoms with Crippen LogP contribution >= 0.6 is 0 Å². The van der Waals surface area contributed by atoms with Crippen molar-refractivity contribution < 1.29 is 19.2 Å². The Morgan fingerprint density at radius 1 is 1.43 bits per heavy atom. The summed E-state index contributed by atoms with van der Waals surface area (Å²) in [5, 5.41) is 23.3. The molecule has 2 rings (SSSR count). The number of imidazole rings is 1. The molecule has 0 spiro atoms. The number of esters is 1. The number of hydroxylamine groups is 1. The molecule has 1 aromatic rings.